The van der Waals surface area contributed by atoms with Gasteiger partial charge in [0.15, 0.2) is 0 Å². The van der Waals surface area contributed by atoms with E-state index in [9.17, 15) is 9.59 Å². The van der Waals surface area contributed by atoms with Crippen molar-refractivity contribution < 1.29 is 9.59 Å². The van der Waals surface area contributed by atoms with Crippen LogP contribution in [-0.4, -0.2) is 34.8 Å². The van der Waals surface area contributed by atoms with Gasteiger partial charge in [-0.1, -0.05) is 73.9 Å². The molecule has 6 heteroatoms. The van der Waals surface area contributed by atoms with Crippen LogP contribution in [0.15, 0.2) is 66.9 Å². The van der Waals surface area contributed by atoms with E-state index in [4.69, 9.17) is 5.73 Å². The summed E-state index contributed by atoms with van der Waals surface area (Å²) in [6, 6.07) is 20.7. The smallest absolute Gasteiger partial charge is 0.221 e. The first-order chi connectivity index (χ1) is 17.6. The molecule has 4 rings (SSSR count). The van der Waals surface area contributed by atoms with Gasteiger partial charge in [-0.15, -0.1) is 0 Å². The zero-order valence-electron chi connectivity index (χ0n) is 22.8. The molecule has 0 bridgehead atoms. The molecule has 1 saturated carbocycles. The molecule has 1 heterocycles. The minimum Gasteiger partial charge on any atom is -0.343 e. The third kappa shape index (κ3) is 7.99. The molecular formula is C31H40N4O2. The van der Waals surface area contributed by atoms with E-state index in [1.807, 2.05) is 86.5 Å². The molecule has 0 radical (unpaired) electrons. The summed E-state index contributed by atoms with van der Waals surface area (Å²) in [5.74, 6) is 0.0880. The molecule has 1 aliphatic carbocycles. The Morgan fingerprint density at radius 1 is 0.946 bits per heavy atom. The van der Waals surface area contributed by atoms with E-state index < -0.39 is 0 Å². The van der Waals surface area contributed by atoms with Gasteiger partial charge in [0.2, 0.25) is 11.8 Å². The maximum absolute atomic E-state index is 11.4. The molecule has 0 unspecified atom stereocenters. The second kappa shape index (κ2) is 12.6. The molecule has 0 spiro atoms. The highest BCUT2D eigenvalue weighted by Gasteiger charge is 2.19. The van der Waals surface area contributed by atoms with Gasteiger partial charge >= 0.3 is 0 Å². The number of carbonyl (C=O) groups is 2. The van der Waals surface area contributed by atoms with E-state index >= 15 is 0 Å². The number of rotatable bonds is 5. The Hall–Kier alpha value is -3.51. The zero-order chi connectivity index (χ0) is 27.0. The van der Waals surface area contributed by atoms with Gasteiger partial charge < -0.3 is 16.0 Å². The molecule has 0 aliphatic heterocycles. The predicted molar refractivity (Wildman–Crippen MR) is 152 cm³/mol. The quantitative estimate of drug-likeness (QED) is 0.426. The van der Waals surface area contributed by atoms with E-state index in [0.717, 1.165) is 27.9 Å². The maximum Gasteiger partial charge on any atom is 0.221 e. The fraction of sp³-hybridized carbons (Fsp3) is 0.387. The summed E-state index contributed by atoms with van der Waals surface area (Å²) in [5.41, 5.74) is 11.4. The molecule has 1 fully saturated rings. The summed E-state index contributed by atoms with van der Waals surface area (Å²) in [7, 11) is 1.92. The van der Waals surface area contributed by atoms with Crippen LogP contribution in [0.5, 0.6) is 0 Å². The van der Waals surface area contributed by atoms with Crippen molar-refractivity contribution in [1.82, 2.24) is 9.88 Å². The van der Waals surface area contributed by atoms with E-state index in [1.54, 1.807) is 13.1 Å². The molecule has 37 heavy (non-hydrogen) atoms. The van der Waals surface area contributed by atoms with Crippen LogP contribution in [0, 0.1) is 0 Å². The van der Waals surface area contributed by atoms with Crippen LogP contribution in [0.25, 0.3) is 22.4 Å². The van der Waals surface area contributed by atoms with E-state index in [1.165, 1.54) is 39.0 Å². The SMILES string of the molecule is CC(=O)N(C)C1CCCCC1.CC(=O)Nc1cnc(-c2ccc(C(C)(C)N)cc2)c(-c2ccccc2)c1. The zero-order valence-corrected chi connectivity index (χ0v) is 22.8. The highest BCUT2D eigenvalue weighted by atomic mass is 16.2. The van der Waals surface area contributed by atoms with Crippen LogP contribution in [0.3, 0.4) is 0 Å². The van der Waals surface area contributed by atoms with Crippen molar-refractivity contribution in [3.8, 4) is 22.4 Å². The number of nitrogens with zero attached hydrogens (tertiary/aromatic N) is 2. The Balaban J connectivity index is 0.000000289. The number of nitrogens with two attached hydrogens (primary N) is 1. The topological polar surface area (TPSA) is 88.3 Å². The molecule has 6 nitrogen and oxygen atoms in total. The third-order valence-corrected chi connectivity index (χ3v) is 6.81. The number of anilines is 1. The minimum atomic E-state index is -0.385. The fourth-order valence-corrected chi connectivity index (χ4v) is 4.59. The average molecular weight is 501 g/mol. The Bertz CT molecular complexity index is 1180. The maximum atomic E-state index is 11.4. The summed E-state index contributed by atoms with van der Waals surface area (Å²) in [4.78, 5) is 28.9. The summed E-state index contributed by atoms with van der Waals surface area (Å²) in [6.45, 7) is 7.10. The van der Waals surface area contributed by atoms with Gasteiger partial charge in [0.25, 0.3) is 0 Å². The van der Waals surface area contributed by atoms with Crippen molar-refractivity contribution in [2.75, 3.05) is 12.4 Å². The number of carbonyl (C=O) groups excluding carboxylic acids is 2. The van der Waals surface area contributed by atoms with E-state index in [2.05, 4.69) is 10.3 Å². The lowest BCUT2D eigenvalue weighted by atomic mass is 9.93. The first-order valence-electron chi connectivity index (χ1n) is 13.0. The number of amides is 2. The molecule has 3 aromatic rings. The molecule has 3 N–H and O–H groups in total. The molecule has 2 amide bonds. The third-order valence-electron chi connectivity index (χ3n) is 6.81. The largest absolute Gasteiger partial charge is 0.343 e. The standard InChI is InChI=1S/C22H23N3O.C9H17NO/c1-15(26)25-19-13-20(16-7-5-4-6-8-16)21(24-14-19)17-9-11-18(12-10-17)22(2,3)23;1-8(11)10(2)9-6-4-3-5-7-9/h4-14H,23H2,1-3H3,(H,25,26);9H,3-7H2,1-2H3. The minimum absolute atomic E-state index is 0.118. The second-order valence-corrected chi connectivity index (χ2v) is 10.4. The van der Waals surface area contributed by atoms with Gasteiger partial charge in [-0.25, -0.2) is 0 Å². The first kappa shape index (κ1) is 28.1. The molecule has 1 aromatic heterocycles. The van der Waals surface area contributed by atoms with E-state index in [0.29, 0.717) is 11.7 Å². The van der Waals surface area contributed by atoms with Crippen LogP contribution in [0.2, 0.25) is 0 Å². The lowest BCUT2D eigenvalue weighted by Crippen LogP contribution is -2.36. The number of aromatic nitrogens is 1. The number of pyridine rings is 1. The molecule has 0 atom stereocenters. The molecule has 0 saturated heterocycles. The van der Waals surface area contributed by atoms with Gasteiger partial charge in [-0.05, 0) is 43.9 Å². The van der Waals surface area contributed by atoms with Crippen LogP contribution in [0.4, 0.5) is 5.69 Å². The lowest BCUT2D eigenvalue weighted by molar-refractivity contribution is -0.130. The van der Waals surface area contributed by atoms with Gasteiger partial charge in [-0.2, -0.15) is 0 Å². The Morgan fingerprint density at radius 3 is 2.11 bits per heavy atom. The fourth-order valence-electron chi connectivity index (χ4n) is 4.59. The van der Waals surface area contributed by atoms with E-state index in [-0.39, 0.29) is 17.4 Å². The molecular weight excluding hydrogens is 460 g/mol. The average Bonchev–Trinajstić information content (AvgIpc) is 2.89. The van der Waals surface area contributed by atoms with Gasteiger partial charge in [0.05, 0.1) is 17.6 Å². The van der Waals surface area contributed by atoms with Crippen LogP contribution in [-0.2, 0) is 15.1 Å². The van der Waals surface area contributed by atoms with Crippen molar-refractivity contribution in [1.29, 1.82) is 0 Å². The highest BCUT2D eigenvalue weighted by Crippen LogP contribution is 2.33. The van der Waals surface area contributed by atoms with Crippen molar-refractivity contribution in [3.63, 3.8) is 0 Å². The van der Waals surface area contributed by atoms with Gasteiger partial charge in [0.1, 0.15) is 0 Å². The van der Waals surface area contributed by atoms with Crippen molar-refractivity contribution in [3.05, 3.63) is 72.4 Å². The normalized spacial score (nSPS) is 13.8. The summed E-state index contributed by atoms with van der Waals surface area (Å²) in [5, 5.41) is 2.80. The van der Waals surface area contributed by atoms with Gasteiger partial charge in [0, 0.05) is 43.6 Å². The number of nitrogens with one attached hydrogen (secondary N) is 1. The number of hydrogen-bond acceptors (Lipinski definition) is 4. The van der Waals surface area contributed by atoms with Crippen LogP contribution < -0.4 is 11.1 Å². The van der Waals surface area contributed by atoms with Crippen LogP contribution >= 0.6 is 0 Å². The molecule has 196 valence electrons. The van der Waals surface area contributed by atoms with Gasteiger partial charge in [-0.3, -0.25) is 14.6 Å². The monoisotopic (exact) mass is 500 g/mol. The van der Waals surface area contributed by atoms with Crippen molar-refractivity contribution >= 4 is 17.5 Å². The number of benzene rings is 2. The molecule has 1 aliphatic rings. The summed E-state index contributed by atoms with van der Waals surface area (Å²) < 4.78 is 0. The van der Waals surface area contributed by atoms with Crippen molar-refractivity contribution in [2.45, 2.75) is 71.4 Å². The van der Waals surface area contributed by atoms with Crippen molar-refractivity contribution in [2.24, 2.45) is 5.73 Å². The second-order valence-electron chi connectivity index (χ2n) is 10.4. The number of hydrogen-bond donors (Lipinski definition) is 2. The summed E-state index contributed by atoms with van der Waals surface area (Å²) >= 11 is 0. The summed E-state index contributed by atoms with van der Waals surface area (Å²) in [6.07, 6.45) is 8.03. The van der Waals surface area contributed by atoms with Crippen LogP contribution in [0.1, 0.15) is 65.4 Å². The predicted octanol–water partition coefficient (Wildman–Crippen LogP) is 6.37. The molecule has 2 aromatic carbocycles. The highest BCUT2D eigenvalue weighted by molar-refractivity contribution is 5.91. The Morgan fingerprint density at radius 2 is 1.57 bits per heavy atom. The Kier molecular flexibility index (Phi) is 9.59. The lowest BCUT2D eigenvalue weighted by Gasteiger charge is -2.30. The Labute approximate surface area is 221 Å². The first-order valence-corrected chi connectivity index (χ1v) is 13.0.